The quantitative estimate of drug-likeness (QED) is 0.541. The molecule has 152 valence electrons. The Labute approximate surface area is 174 Å². The van der Waals surface area contributed by atoms with Gasteiger partial charge in [0.1, 0.15) is 0 Å². The molecule has 0 aliphatic carbocycles. The second kappa shape index (κ2) is 9.06. The molecule has 3 aromatic rings. The number of nitrogens with two attached hydrogens (primary N) is 1. The Bertz CT molecular complexity index is 1170. The smallest absolute Gasteiger partial charge is 0.255 e. The highest BCUT2D eigenvalue weighted by atomic mass is 32.2. The molecule has 3 rings (SSSR count). The van der Waals surface area contributed by atoms with E-state index in [1.807, 2.05) is 18.2 Å². The first-order chi connectivity index (χ1) is 14.3. The van der Waals surface area contributed by atoms with Crippen molar-refractivity contribution in [3.8, 4) is 0 Å². The molecule has 0 aromatic heterocycles. The van der Waals surface area contributed by atoms with Crippen LogP contribution in [0.25, 0.3) is 6.08 Å². The van der Waals surface area contributed by atoms with E-state index in [0.29, 0.717) is 22.5 Å². The number of carbonyl (C=O) groups is 2. The van der Waals surface area contributed by atoms with E-state index in [1.54, 1.807) is 24.3 Å². The SMILES string of the molecule is NC(=O)c1ccc(NC(=O)c2ccc(NS(=O)(=O)/C=C/c3ccccc3)cc2)cc1. The van der Waals surface area contributed by atoms with Crippen LogP contribution >= 0.6 is 0 Å². The van der Waals surface area contributed by atoms with E-state index in [4.69, 9.17) is 5.73 Å². The van der Waals surface area contributed by atoms with Gasteiger partial charge in [-0.05, 0) is 60.2 Å². The third-order valence-corrected chi connectivity index (χ3v) is 5.09. The van der Waals surface area contributed by atoms with Crippen molar-refractivity contribution in [3.05, 3.63) is 101 Å². The lowest BCUT2D eigenvalue weighted by Gasteiger charge is -2.08. The standard InChI is InChI=1S/C22H19N3O4S/c23-21(26)17-6-10-19(11-7-17)24-22(27)18-8-12-20(13-9-18)25-30(28,29)15-14-16-4-2-1-3-5-16/h1-15,25H,(H2,23,26)(H,24,27)/b15-14+. The Morgan fingerprint density at radius 2 is 1.33 bits per heavy atom. The maximum Gasteiger partial charge on any atom is 0.255 e. The fraction of sp³-hybridized carbons (Fsp3) is 0. The van der Waals surface area contributed by atoms with Crippen LogP contribution in [0.1, 0.15) is 26.3 Å². The minimum atomic E-state index is -3.69. The molecule has 4 N–H and O–H groups in total. The van der Waals surface area contributed by atoms with E-state index in [1.165, 1.54) is 42.5 Å². The molecule has 30 heavy (non-hydrogen) atoms. The van der Waals surface area contributed by atoms with Crippen molar-refractivity contribution in [3.63, 3.8) is 0 Å². The van der Waals surface area contributed by atoms with E-state index < -0.39 is 15.9 Å². The number of hydrogen-bond acceptors (Lipinski definition) is 4. The normalized spacial score (nSPS) is 11.2. The second-order valence-corrected chi connectivity index (χ2v) is 7.90. The van der Waals surface area contributed by atoms with E-state index in [0.717, 1.165) is 11.0 Å². The van der Waals surface area contributed by atoms with Crippen LogP contribution in [0.5, 0.6) is 0 Å². The van der Waals surface area contributed by atoms with Gasteiger partial charge in [0.2, 0.25) is 5.91 Å². The highest BCUT2D eigenvalue weighted by Crippen LogP contribution is 2.15. The van der Waals surface area contributed by atoms with Gasteiger partial charge in [0.05, 0.1) is 5.41 Å². The molecule has 2 amide bonds. The molecule has 0 aliphatic rings. The van der Waals surface area contributed by atoms with Crippen molar-refractivity contribution in [1.29, 1.82) is 0 Å². The number of hydrogen-bond donors (Lipinski definition) is 3. The van der Waals surface area contributed by atoms with Crippen LogP contribution in [-0.2, 0) is 10.0 Å². The largest absolute Gasteiger partial charge is 0.366 e. The minimum absolute atomic E-state index is 0.329. The maximum atomic E-state index is 12.3. The number of sulfonamides is 1. The third kappa shape index (κ3) is 5.79. The molecule has 0 saturated carbocycles. The van der Waals surface area contributed by atoms with Crippen molar-refractivity contribution in [2.75, 3.05) is 10.0 Å². The number of primary amides is 1. The summed E-state index contributed by atoms with van der Waals surface area (Å²) in [5, 5.41) is 3.77. The summed E-state index contributed by atoms with van der Waals surface area (Å²) >= 11 is 0. The van der Waals surface area contributed by atoms with Gasteiger partial charge in [-0.25, -0.2) is 8.42 Å². The number of benzene rings is 3. The summed E-state index contributed by atoms with van der Waals surface area (Å²) in [6.45, 7) is 0. The van der Waals surface area contributed by atoms with Gasteiger partial charge in [-0.15, -0.1) is 0 Å². The fourth-order valence-electron chi connectivity index (χ4n) is 2.54. The van der Waals surface area contributed by atoms with Crippen molar-refractivity contribution >= 4 is 39.3 Å². The van der Waals surface area contributed by atoms with E-state index in [2.05, 4.69) is 10.0 Å². The zero-order valence-electron chi connectivity index (χ0n) is 15.8. The monoisotopic (exact) mass is 421 g/mol. The van der Waals surface area contributed by atoms with Gasteiger partial charge >= 0.3 is 0 Å². The van der Waals surface area contributed by atoms with Crippen LogP contribution in [0, 0.1) is 0 Å². The first-order valence-corrected chi connectivity index (χ1v) is 10.4. The molecule has 0 unspecified atom stereocenters. The average Bonchev–Trinajstić information content (AvgIpc) is 2.74. The van der Waals surface area contributed by atoms with Crippen LogP contribution in [0.3, 0.4) is 0 Å². The Kier molecular flexibility index (Phi) is 6.29. The molecule has 8 heteroatoms. The Balaban J connectivity index is 1.63. The average molecular weight is 421 g/mol. The lowest BCUT2D eigenvalue weighted by molar-refractivity contribution is 0.0998. The summed E-state index contributed by atoms with van der Waals surface area (Å²) in [4.78, 5) is 23.4. The Morgan fingerprint density at radius 1 is 0.767 bits per heavy atom. The van der Waals surface area contributed by atoms with Gasteiger partial charge in [0, 0.05) is 22.5 Å². The zero-order valence-corrected chi connectivity index (χ0v) is 16.6. The van der Waals surface area contributed by atoms with Gasteiger partial charge < -0.3 is 11.1 Å². The second-order valence-electron chi connectivity index (χ2n) is 6.33. The molecular formula is C22H19N3O4S. The Morgan fingerprint density at radius 3 is 1.93 bits per heavy atom. The molecule has 0 atom stereocenters. The van der Waals surface area contributed by atoms with Crippen LogP contribution in [0.4, 0.5) is 11.4 Å². The van der Waals surface area contributed by atoms with Gasteiger partial charge in [-0.3, -0.25) is 14.3 Å². The van der Waals surface area contributed by atoms with Gasteiger partial charge in [-0.1, -0.05) is 30.3 Å². The summed E-state index contributed by atoms with van der Waals surface area (Å²) in [5.41, 5.74) is 7.46. The molecule has 7 nitrogen and oxygen atoms in total. The van der Waals surface area contributed by atoms with Crippen molar-refractivity contribution in [2.45, 2.75) is 0 Å². The highest BCUT2D eigenvalue weighted by Gasteiger charge is 2.09. The van der Waals surface area contributed by atoms with Crippen LogP contribution < -0.4 is 15.8 Å². The van der Waals surface area contributed by atoms with E-state index >= 15 is 0 Å². The van der Waals surface area contributed by atoms with Crippen molar-refractivity contribution in [1.82, 2.24) is 0 Å². The minimum Gasteiger partial charge on any atom is -0.366 e. The van der Waals surface area contributed by atoms with Crippen LogP contribution in [0.2, 0.25) is 0 Å². The van der Waals surface area contributed by atoms with Crippen LogP contribution in [-0.4, -0.2) is 20.2 Å². The number of anilines is 2. The van der Waals surface area contributed by atoms with Gasteiger partial charge in [0.25, 0.3) is 15.9 Å². The highest BCUT2D eigenvalue weighted by molar-refractivity contribution is 7.95. The summed E-state index contributed by atoms with van der Waals surface area (Å²) in [6.07, 6.45) is 1.49. The summed E-state index contributed by atoms with van der Waals surface area (Å²) in [7, 11) is -3.69. The van der Waals surface area contributed by atoms with Gasteiger partial charge in [-0.2, -0.15) is 0 Å². The molecule has 0 spiro atoms. The number of rotatable bonds is 7. The molecule has 0 aliphatic heterocycles. The molecule has 3 aromatic carbocycles. The molecule has 0 radical (unpaired) electrons. The maximum absolute atomic E-state index is 12.3. The zero-order chi connectivity index (χ0) is 21.6. The fourth-order valence-corrected chi connectivity index (χ4v) is 3.41. The van der Waals surface area contributed by atoms with Gasteiger partial charge in [0.15, 0.2) is 0 Å². The van der Waals surface area contributed by atoms with E-state index in [-0.39, 0.29) is 5.91 Å². The number of nitrogens with one attached hydrogen (secondary N) is 2. The molecule has 0 fully saturated rings. The molecule has 0 saturated heterocycles. The van der Waals surface area contributed by atoms with E-state index in [9.17, 15) is 18.0 Å². The topological polar surface area (TPSA) is 118 Å². The first-order valence-electron chi connectivity index (χ1n) is 8.90. The molecule has 0 bridgehead atoms. The molecular weight excluding hydrogens is 402 g/mol. The molecule has 0 heterocycles. The first kappa shape index (κ1) is 20.8. The lowest BCUT2D eigenvalue weighted by atomic mass is 10.1. The Hall–Kier alpha value is -3.91. The summed E-state index contributed by atoms with van der Waals surface area (Å²) < 4.78 is 26.8. The summed E-state index contributed by atoms with van der Waals surface area (Å²) in [5.74, 6) is -0.926. The number of amides is 2. The van der Waals surface area contributed by atoms with Crippen LogP contribution in [0.15, 0.2) is 84.3 Å². The van der Waals surface area contributed by atoms with Crippen molar-refractivity contribution in [2.24, 2.45) is 5.73 Å². The number of carbonyl (C=O) groups excluding carboxylic acids is 2. The summed E-state index contributed by atoms with van der Waals surface area (Å²) in [6, 6.07) is 21.2. The third-order valence-electron chi connectivity index (χ3n) is 4.07. The predicted molar refractivity (Wildman–Crippen MR) is 117 cm³/mol. The lowest BCUT2D eigenvalue weighted by Crippen LogP contribution is -2.14. The van der Waals surface area contributed by atoms with Crippen molar-refractivity contribution < 1.29 is 18.0 Å². The predicted octanol–water partition coefficient (Wildman–Crippen LogP) is 3.45.